The molecule has 3 rings (SSSR count). The second-order valence-corrected chi connectivity index (χ2v) is 9.36. The molecule has 0 amide bonds. The number of rotatable bonds is 7. The van der Waals surface area contributed by atoms with Crippen molar-refractivity contribution in [3.8, 4) is 5.75 Å². The van der Waals surface area contributed by atoms with Crippen molar-refractivity contribution >= 4 is 28.5 Å². The van der Waals surface area contributed by atoms with Crippen LogP contribution in [0.1, 0.15) is 55.2 Å². The summed E-state index contributed by atoms with van der Waals surface area (Å²) in [5.41, 5.74) is -0.239. The molecule has 0 aliphatic rings. The summed E-state index contributed by atoms with van der Waals surface area (Å²) in [5.74, 6) is -1.49. The number of carboxylic acids is 1. The molecule has 3 aromatic rings. The molecule has 0 aliphatic heterocycles. The Balaban J connectivity index is 2.36. The minimum atomic E-state index is -1.36. The highest BCUT2D eigenvalue weighted by atomic mass is 35.5. The quantitative estimate of drug-likeness (QED) is 0.498. The van der Waals surface area contributed by atoms with Crippen LogP contribution in [-0.4, -0.2) is 34.0 Å². The molecule has 176 valence electrons. The number of aliphatic hydroxyl groups excluding tert-OH is 1. The van der Waals surface area contributed by atoms with E-state index in [0.717, 1.165) is 0 Å². The van der Waals surface area contributed by atoms with Crippen molar-refractivity contribution in [1.29, 1.82) is 0 Å². The third-order valence-corrected chi connectivity index (χ3v) is 5.96. The Morgan fingerprint density at radius 2 is 1.94 bits per heavy atom. The first-order valence-corrected chi connectivity index (χ1v) is 11.0. The van der Waals surface area contributed by atoms with Gasteiger partial charge in [0.25, 0.3) is 0 Å². The van der Waals surface area contributed by atoms with Crippen molar-refractivity contribution in [3.63, 3.8) is 0 Å². The number of halogens is 2. The van der Waals surface area contributed by atoms with Crippen LogP contribution in [0, 0.1) is 11.2 Å². The predicted octanol–water partition coefficient (Wildman–Crippen LogP) is 5.06. The van der Waals surface area contributed by atoms with E-state index in [1.807, 2.05) is 20.8 Å². The maximum absolute atomic E-state index is 14.6. The van der Waals surface area contributed by atoms with Crippen LogP contribution in [0.25, 0.3) is 10.9 Å². The van der Waals surface area contributed by atoms with E-state index in [4.69, 9.17) is 16.3 Å². The number of aliphatic hydroxyl groups is 1. The summed E-state index contributed by atoms with van der Waals surface area (Å²) in [6.07, 6.45) is 1.36. The van der Waals surface area contributed by atoms with Crippen LogP contribution >= 0.6 is 11.6 Å². The lowest BCUT2D eigenvalue weighted by molar-refractivity contribution is 0.0692. The Morgan fingerprint density at radius 1 is 1.24 bits per heavy atom. The van der Waals surface area contributed by atoms with Crippen molar-refractivity contribution in [2.45, 2.75) is 40.2 Å². The highest BCUT2D eigenvalue weighted by molar-refractivity contribution is 6.30. The molecule has 2 N–H and O–H groups in total. The summed E-state index contributed by atoms with van der Waals surface area (Å²) in [6.45, 7) is 7.62. The fourth-order valence-electron chi connectivity index (χ4n) is 3.93. The molecular formula is C25H27ClFNO5. The van der Waals surface area contributed by atoms with Gasteiger partial charge in [-0.15, -0.1) is 0 Å². The molecule has 0 saturated carbocycles. The smallest absolute Gasteiger partial charge is 0.341 e. The Hall–Kier alpha value is -2.90. The number of hydrogen-bond donors (Lipinski definition) is 2. The molecular weight excluding hydrogens is 449 g/mol. The second-order valence-electron chi connectivity index (χ2n) is 8.95. The van der Waals surface area contributed by atoms with Gasteiger partial charge in [0.05, 0.1) is 29.8 Å². The van der Waals surface area contributed by atoms with Gasteiger partial charge in [0.2, 0.25) is 5.43 Å². The van der Waals surface area contributed by atoms with Gasteiger partial charge in [0.1, 0.15) is 17.1 Å². The van der Waals surface area contributed by atoms with E-state index in [-0.39, 0.29) is 23.4 Å². The van der Waals surface area contributed by atoms with Crippen molar-refractivity contribution in [2.24, 2.45) is 5.41 Å². The monoisotopic (exact) mass is 475 g/mol. The van der Waals surface area contributed by atoms with Crippen molar-refractivity contribution in [1.82, 2.24) is 4.57 Å². The summed E-state index contributed by atoms with van der Waals surface area (Å²) in [7, 11) is 0. The van der Waals surface area contributed by atoms with E-state index < -0.39 is 34.2 Å². The number of carbonyl (C=O) groups is 1. The lowest BCUT2D eigenvalue weighted by atomic mass is 9.86. The number of hydrogen-bond acceptors (Lipinski definition) is 4. The Morgan fingerprint density at radius 3 is 2.52 bits per heavy atom. The minimum absolute atomic E-state index is 0.0160. The van der Waals surface area contributed by atoms with Crippen LogP contribution in [0.3, 0.4) is 0 Å². The first-order chi connectivity index (χ1) is 15.5. The normalized spacial score (nSPS) is 12.7. The summed E-state index contributed by atoms with van der Waals surface area (Å²) < 4.78 is 22.0. The van der Waals surface area contributed by atoms with E-state index >= 15 is 0 Å². The number of nitrogens with zero attached hydrogens (tertiary/aromatic N) is 1. The molecule has 0 radical (unpaired) electrons. The maximum Gasteiger partial charge on any atom is 0.341 e. The summed E-state index contributed by atoms with van der Waals surface area (Å²) in [5, 5.41) is 19.9. The summed E-state index contributed by atoms with van der Waals surface area (Å²) in [4.78, 5) is 24.9. The van der Waals surface area contributed by atoms with Crippen molar-refractivity contribution in [3.05, 3.63) is 74.3 Å². The highest BCUT2D eigenvalue weighted by Crippen LogP contribution is 2.35. The lowest BCUT2D eigenvalue weighted by Gasteiger charge is -2.33. The molecule has 6 nitrogen and oxygen atoms in total. The molecule has 0 aliphatic carbocycles. The molecule has 1 atom stereocenters. The average molecular weight is 476 g/mol. The molecule has 1 aromatic heterocycles. The molecule has 8 heteroatoms. The van der Waals surface area contributed by atoms with E-state index in [0.29, 0.717) is 29.0 Å². The predicted molar refractivity (Wildman–Crippen MR) is 126 cm³/mol. The molecule has 1 heterocycles. The standard InChI is InChI=1S/C25H27ClFNO5/c1-5-33-20-11-19-16(10-15(20)9-14-7-6-8-18(26)22(14)27)23(30)17(24(31)32)12-28(19)21(13-29)25(2,3)4/h6-8,10-12,21,29H,5,9,13H2,1-4H3,(H,31,32)/t21-/m1/s1. The number of pyridine rings is 1. The van der Waals surface area contributed by atoms with Crippen LogP contribution in [-0.2, 0) is 6.42 Å². The highest BCUT2D eigenvalue weighted by Gasteiger charge is 2.29. The Bertz CT molecular complexity index is 1260. The number of benzene rings is 2. The maximum atomic E-state index is 14.6. The number of aromatic carboxylic acids is 1. The fraction of sp³-hybridized carbons (Fsp3) is 0.360. The van der Waals surface area contributed by atoms with Crippen molar-refractivity contribution < 1.29 is 24.1 Å². The van der Waals surface area contributed by atoms with Crippen LogP contribution in [0.2, 0.25) is 5.02 Å². The van der Waals surface area contributed by atoms with E-state index in [1.54, 1.807) is 35.8 Å². The number of aromatic nitrogens is 1. The molecule has 0 bridgehead atoms. The molecule has 0 unspecified atom stereocenters. The second kappa shape index (κ2) is 9.53. The molecule has 0 spiro atoms. The van der Waals surface area contributed by atoms with Gasteiger partial charge in [-0.2, -0.15) is 0 Å². The van der Waals surface area contributed by atoms with Gasteiger partial charge in [-0.25, -0.2) is 9.18 Å². The number of carboxylic acid groups (broad SMARTS) is 1. The average Bonchev–Trinajstić information content (AvgIpc) is 2.73. The summed E-state index contributed by atoms with van der Waals surface area (Å²) >= 11 is 5.92. The number of fused-ring (bicyclic) bond motifs is 1. The van der Waals surface area contributed by atoms with E-state index in [9.17, 15) is 24.2 Å². The topological polar surface area (TPSA) is 88.8 Å². The van der Waals surface area contributed by atoms with E-state index in [2.05, 4.69) is 0 Å². The van der Waals surface area contributed by atoms with Crippen LogP contribution in [0.5, 0.6) is 5.75 Å². The first-order valence-electron chi connectivity index (χ1n) is 10.6. The van der Waals surface area contributed by atoms with E-state index in [1.165, 1.54) is 12.3 Å². The van der Waals surface area contributed by atoms with Gasteiger partial charge in [0.15, 0.2) is 0 Å². The van der Waals surface area contributed by atoms with Gasteiger partial charge in [-0.3, -0.25) is 4.79 Å². The van der Waals surface area contributed by atoms with Gasteiger partial charge in [0, 0.05) is 24.1 Å². The van der Waals surface area contributed by atoms with Gasteiger partial charge in [-0.05, 0) is 35.6 Å². The third kappa shape index (κ3) is 4.89. The first kappa shape index (κ1) is 24.7. The number of ether oxygens (including phenoxy) is 1. The van der Waals surface area contributed by atoms with Gasteiger partial charge >= 0.3 is 5.97 Å². The zero-order valence-corrected chi connectivity index (χ0v) is 19.7. The van der Waals surface area contributed by atoms with Gasteiger partial charge in [-0.1, -0.05) is 44.5 Å². The SMILES string of the molecule is CCOc1cc2c(cc1Cc1cccc(Cl)c1F)c(=O)c(C(=O)O)cn2[C@H](CO)C(C)(C)C. The van der Waals surface area contributed by atoms with Crippen LogP contribution in [0.15, 0.2) is 41.3 Å². The van der Waals surface area contributed by atoms with Crippen molar-refractivity contribution in [2.75, 3.05) is 13.2 Å². The summed E-state index contributed by atoms with van der Waals surface area (Å²) in [6, 6.07) is 7.36. The Labute approximate surface area is 196 Å². The molecule has 33 heavy (non-hydrogen) atoms. The largest absolute Gasteiger partial charge is 0.494 e. The van der Waals surface area contributed by atoms with Crippen LogP contribution < -0.4 is 10.2 Å². The lowest BCUT2D eigenvalue weighted by Crippen LogP contribution is -2.30. The molecule has 2 aromatic carbocycles. The molecule has 0 saturated heterocycles. The Kier molecular flexibility index (Phi) is 7.14. The minimum Gasteiger partial charge on any atom is -0.494 e. The van der Waals surface area contributed by atoms with Crippen LogP contribution in [0.4, 0.5) is 4.39 Å². The van der Waals surface area contributed by atoms with Gasteiger partial charge < -0.3 is 19.5 Å². The zero-order valence-electron chi connectivity index (χ0n) is 19.0. The zero-order chi connectivity index (χ0) is 24.5. The third-order valence-electron chi connectivity index (χ3n) is 5.67. The fourth-order valence-corrected chi connectivity index (χ4v) is 4.12. The molecule has 0 fully saturated rings.